The standard InChI is InChI=1S/C11H24N2O3S/c1-12-7-5-9-17(14,15)13(2)10-11-6-3-4-8-16-11/h11-12H,3-10H2,1-2H3. The van der Waals surface area contributed by atoms with Gasteiger partial charge in [-0.3, -0.25) is 0 Å². The molecule has 0 aromatic rings. The fourth-order valence-corrected chi connectivity index (χ4v) is 3.15. The second-order valence-corrected chi connectivity index (χ2v) is 6.74. The van der Waals surface area contributed by atoms with E-state index >= 15 is 0 Å². The van der Waals surface area contributed by atoms with Gasteiger partial charge in [0, 0.05) is 20.2 Å². The van der Waals surface area contributed by atoms with Crippen molar-refractivity contribution in [2.75, 3.05) is 39.5 Å². The van der Waals surface area contributed by atoms with Gasteiger partial charge in [0.05, 0.1) is 11.9 Å². The van der Waals surface area contributed by atoms with Crippen molar-refractivity contribution in [3.05, 3.63) is 0 Å². The molecule has 102 valence electrons. The fourth-order valence-electron chi connectivity index (χ4n) is 1.94. The average molecular weight is 264 g/mol. The van der Waals surface area contributed by atoms with E-state index in [9.17, 15) is 8.42 Å². The molecule has 1 aliphatic rings. The Bertz CT molecular complexity index is 300. The Morgan fingerprint density at radius 2 is 2.18 bits per heavy atom. The Morgan fingerprint density at radius 1 is 1.41 bits per heavy atom. The van der Waals surface area contributed by atoms with Crippen molar-refractivity contribution in [3.8, 4) is 0 Å². The molecule has 0 aliphatic carbocycles. The third kappa shape index (κ3) is 5.33. The number of sulfonamides is 1. The highest BCUT2D eigenvalue weighted by Gasteiger charge is 2.23. The van der Waals surface area contributed by atoms with E-state index in [4.69, 9.17) is 4.74 Å². The van der Waals surface area contributed by atoms with E-state index in [2.05, 4.69) is 5.32 Å². The first kappa shape index (κ1) is 14.9. The lowest BCUT2D eigenvalue weighted by atomic mass is 10.1. The molecule has 0 aromatic heterocycles. The van der Waals surface area contributed by atoms with Crippen molar-refractivity contribution >= 4 is 10.0 Å². The van der Waals surface area contributed by atoms with Crippen molar-refractivity contribution in [1.29, 1.82) is 0 Å². The summed E-state index contributed by atoms with van der Waals surface area (Å²) in [4.78, 5) is 0. The molecule has 1 rings (SSSR count). The fraction of sp³-hybridized carbons (Fsp3) is 1.00. The maximum Gasteiger partial charge on any atom is 0.213 e. The van der Waals surface area contributed by atoms with E-state index in [-0.39, 0.29) is 11.9 Å². The summed E-state index contributed by atoms with van der Waals surface area (Å²) in [7, 11) is 0.353. The lowest BCUT2D eigenvalue weighted by Crippen LogP contribution is -2.38. The van der Waals surface area contributed by atoms with E-state index in [0.717, 1.165) is 32.4 Å². The molecule has 5 nitrogen and oxygen atoms in total. The molecule has 1 heterocycles. The summed E-state index contributed by atoms with van der Waals surface area (Å²) in [6.45, 7) is 1.98. The van der Waals surface area contributed by atoms with Gasteiger partial charge in [0.25, 0.3) is 0 Å². The largest absolute Gasteiger partial charge is 0.377 e. The second-order valence-electron chi connectivity index (χ2n) is 4.54. The normalized spacial score (nSPS) is 21.9. The highest BCUT2D eigenvalue weighted by atomic mass is 32.2. The van der Waals surface area contributed by atoms with Crippen molar-refractivity contribution in [3.63, 3.8) is 0 Å². The van der Waals surface area contributed by atoms with Crippen molar-refractivity contribution < 1.29 is 13.2 Å². The summed E-state index contributed by atoms with van der Waals surface area (Å²) in [6.07, 6.45) is 3.92. The smallest absolute Gasteiger partial charge is 0.213 e. The van der Waals surface area contributed by atoms with Gasteiger partial charge in [-0.05, 0) is 39.3 Å². The lowest BCUT2D eigenvalue weighted by molar-refractivity contribution is 0.00859. The van der Waals surface area contributed by atoms with Crippen LogP contribution in [-0.2, 0) is 14.8 Å². The summed E-state index contributed by atoms with van der Waals surface area (Å²) in [6, 6.07) is 0. The molecule has 1 unspecified atom stereocenters. The first-order valence-corrected chi connectivity index (χ1v) is 7.87. The Labute approximate surface area is 105 Å². The van der Waals surface area contributed by atoms with Gasteiger partial charge in [-0.25, -0.2) is 12.7 Å². The SMILES string of the molecule is CNCCCS(=O)(=O)N(C)CC1CCCCO1. The van der Waals surface area contributed by atoms with Gasteiger partial charge < -0.3 is 10.1 Å². The van der Waals surface area contributed by atoms with Gasteiger partial charge in [0.1, 0.15) is 0 Å². The van der Waals surface area contributed by atoms with Crippen LogP contribution < -0.4 is 5.32 Å². The Hall–Kier alpha value is -0.170. The monoisotopic (exact) mass is 264 g/mol. The Balaban J connectivity index is 2.36. The average Bonchev–Trinajstić information content (AvgIpc) is 2.30. The maximum atomic E-state index is 11.9. The van der Waals surface area contributed by atoms with Crippen molar-refractivity contribution in [1.82, 2.24) is 9.62 Å². The van der Waals surface area contributed by atoms with Crippen LogP contribution in [0.3, 0.4) is 0 Å². The van der Waals surface area contributed by atoms with Crippen LogP contribution >= 0.6 is 0 Å². The minimum absolute atomic E-state index is 0.0767. The van der Waals surface area contributed by atoms with Gasteiger partial charge in [-0.1, -0.05) is 0 Å². The molecular formula is C11H24N2O3S. The third-order valence-corrected chi connectivity index (χ3v) is 4.94. The number of hydrogen-bond donors (Lipinski definition) is 1. The molecular weight excluding hydrogens is 240 g/mol. The Morgan fingerprint density at radius 3 is 2.76 bits per heavy atom. The predicted octanol–water partition coefficient (Wildman–Crippen LogP) is 0.427. The van der Waals surface area contributed by atoms with Crippen LogP contribution in [0.5, 0.6) is 0 Å². The van der Waals surface area contributed by atoms with E-state index in [1.807, 2.05) is 7.05 Å². The predicted molar refractivity (Wildman–Crippen MR) is 68.6 cm³/mol. The van der Waals surface area contributed by atoms with Gasteiger partial charge in [0.15, 0.2) is 0 Å². The maximum absolute atomic E-state index is 11.9. The quantitative estimate of drug-likeness (QED) is 0.677. The van der Waals surface area contributed by atoms with E-state index in [1.54, 1.807) is 7.05 Å². The summed E-state index contributed by atoms with van der Waals surface area (Å²) >= 11 is 0. The summed E-state index contributed by atoms with van der Waals surface area (Å²) in [5.74, 6) is 0.205. The zero-order valence-corrected chi connectivity index (χ0v) is 11.6. The van der Waals surface area contributed by atoms with Crippen LogP contribution in [0.15, 0.2) is 0 Å². The Kier molecular flexibility index (Phi) is 6.40. The highest BCUT2D eigenvalue weighted by Crippen LogP contribution is 2.14. The van der Waals surface area contributed by atoms with E-state index < -0.39 is 10.0 Å². The van der Waals surface area contributed by atoms with Crippen molar-refractivity contribution in [2.45, 2.75) is 31.8 Å². The number of rotatable bonds is 7. The molecule has 1 N–H and O–H groups in total. The number of ether oxygens (including phenoxy) is 1. The van der Waals surface area contributed by atoms with Crippen LogP contribution in [0.1, 0.15) is 25.7 Å². The number of hydrogen-bond acceptors (Lipinski definition) is 4. The molecule has 1 aliphatic heterocycles. The summed E-state index contributed by atoms with van der Waals surface area (Å²) in [5, 5.41) is 2.95. The topological polar surface area (TPSA) is 58.6 Å². The van der Waals surface area contributed by atoms with E-state index in [0.29, 0.717) is 13.0 Å². The first-order chi connectivity index (χ1) is 8.06. The lowest BCUT2D eigenvalue weighted by Gasteiger charge is -2.27. The van der Waals surface area contributed by atoms with Gasteiger partial charge >= 0.3 is 0 Å². The number of likely N-dealkylation sites (N-methyl/N-ethyl adjacent to an activating group) is 1. The molecule has 0 aromatic carbocycles. The van der Waals surface area contributed by atoms with E-state index in [1.165, 1.54) is 4.31 Å². The number of nitrogens with one attached hydrogen (secondary N) is 1. The minimum atomic E-state index is -3.12. The number of nitrogens with zero attached hydrogens (tertiary/aromatic N) is 1. The van der Waals surface area contributed by atoms with Crippen LogP contribution in [0.2, 0.25) is 0 Å². The summed E-state index contributed by atoms with van der Waals surface area (Å²) < 4.78 is 30.8. The zero-order chi connectivity index (χ0) is 12.7. The molecule has 1 saturated heterocycles. The van der Waals surface area contributed by atoms with Crippen LogP contribution in [0, 0.1) is 0 Å². The molecule has 0 radical (unpaired) electrons. The molecule has 1 atom stereocenters. The highest BCUT2D eigenvalue weighted by molar-refractivity contribution is 7.89. The first-order valence-electron chi connectivity index (χ1n) is 6.26. The third-order valence-electron chi connectivity index (χ3n) is 3.04. The molecule has 1 fully saturated rings. The zero-order valence-electron chi connectivity index (χ0n) is 10.8. The molecule has 0 amide bonds. The summed E-state index contributed by atoms with van der Waals surface area (Å²) in [5.41, 5.74) is 0. The van der Waals surface area contributed by atoms with Gasteiger partial charge in [0.2, 0.25) is 10.0 Å². The van der Waals surface area contributed by atoms with Crippen LogP contribution in [0.25, 0.3) is 0 Å². The molecule has 6 heteroatoms. The minimum Gasteiger partial charge on any atom is -0.377 e. The molecule has 0 saturated carbocycles. The second kappa shape index (κ2) is 7.31. The molecule has 0 bridgehead atoms. The van der Waals surface area contributed by atoms with Gasteiger partial charge in [-0.2, -0.15) is 0 Å². The van der Waals surface area contributed by atoms with Crippen LogP contribution in [-0.4, -0.2) is 58.4 Å². The van der Waals surface area contributed by atoms with Gasteiger partial charge in [-0.15, -0.1) is 0 Å². The molecule has 0 spiro atoms. The van der Waals surface area contributed by atoms with Crippen LogP contribution in [0.4, 0.5) is 0 Å². The van der Waals surface area contributed by atoms with Crippen molar-refractivity contribution in [2.24, 2.45) is 0 Å². The molecule has 17 heavy (non-hydrogen) atoms.